The van der Waals surface area contributed by atoms with Crippen LogP contribution in [-0.2, 0) is 12.7 Å². The maximum absolute atomic E-state index is 13.2. The predicted molar refractivity (Wildman–Crippen MR) is 44.0 cm³/mol. The van der Waals surface area contributed by atoms with Crippen molar-refractivity contribution in [2.75, 3.05) is 0 Å². The largest absolute Gasteiger partial charge is 0.419 e. The fourth-order valence-corrected chi connectivity index (χ4v) is 1.19. The Hall–Kier alpha value is -1.10. The second-order valence-corrected chi connectivity index (χ2v) is 2.92. The lowest BCUT2D eigenvalue weighted by atomic mass is 10.0. The molecule has 1 aromatic carbocycles. The van der Waals surface area contributed by atoms with Gasteiger partial charge in [0, 0.05) is 12.1 Å². The zero-order chi connectivity index (χ0) is 10.9. The van der Waals surface area contributed by atoms with Crippen molar-refractivity contribution in [2.45, 2.75) is 19.6 Å². The van der Waals surface area contributed by atoms with Crippen LogP contribution in [0.4, 0.5) is 17.6 Å². The standard InChI is InChI=1S/C9H9F4N/c1-5-2-3-7(9(11,12)13)8(10)6(5)4-14/h2-3H,4,14H2,1H3. The van der Waals surface area contributed by atoms with E-state index in [2.05, 4.69) is 0 Å². The molecule has 0 atom stereocenters. The molecule has 78 valence electrons. The topological polar surface area (TPSA) is 26.0 Å². The second-order valence-electron chi connectivity index (χ2n) is 2.92. The number of alkyl halides is 3. The minimum absolute atomic E-state index is 0.0835. The van der Waals surface area contributed by atoms with Crippen LogP contribution in [0.1, 0.15) is 16.7 Å². The molecule has 0 bridgehead atoms. The summed E-state index contributed by atoms with van der Waals surface area (Å²) in [7, 11) is 0. The molecule has 0 aliphatic carbocycles. The highest BCUT2D eigenvalue weighted by Gasteiger charge is 2.34. The quantitative estimate of drug-likeness (QED) is 0.704. The molecule has 0 fully saturated rings. The van der Waals surface area contributed by atoms with E-state index < -0.39 is 17.6 Å². The Kier molecular flexibility index (Phi) is 2.80. The van der Waals surface area contributed by atoms with Crippen LogP contribution < -0.4 is 5.73 Å². The average Bonchev–Trinajstić information content (AvgIpc) is 2.02. The molecule has 0 amide bonds. The van der Waals surface area contributed by atoms with E-state index in [1.165, 1.54) is 13.0 Å². The maximum Gasteiger partial charge on any atom is 0.419 e. The number of hydrogen-bond acceptors (Lipinski definition) is 1. The lowest BCUT2D eigenvalue weighted by Gasteiger charge is -2.12. The van der Waals surface area contributed by atoms with E-state index in [0.29, 0.717) is 5.56 Å². The van der Waals surface area contributed by atoms with Crippen LogP contribution in [0.5, 0.6) is 0 Å². The van der Waals surface area contributed by atoms with Crippen LogP contribution in [0.15, 0.2) is 12.1 Å². The van der Waals surface area contributed by atoms with Crippen molar-refractivity contribution in [3.8, 4) is 0 Å². The molecule has 14 heavy (non-hydrogen) atoms. The Morgan fingerprint density at radius 3 is 2.29 bits per heavy atom. The Morgan fingerprint density at radius 1 is 1.29 bits per heavy atom. The van der Waals surface area contributed by atoms with Crippen LogP contribution >= 0.6 is 0 Å². The summed E-state index contributed by atoms with van der Waals surface area (Å²) in [4.78, 5) is 0. The molecule has 0 spiro atoms. The number of nitrogens with two attached hydrogens (primary N) is 1. The monoisotopic (exact) mass is 207 g/mol. The zero-order valence-electron chi connectivity index (χ0n) is 7.45. The SMILES string of the molecule is Cc1ccc(C(F)(F)F)c(F)c1CN. The molecular weight excluding hydrogens is 198 g/mol. The summed E-state index contributed by atoms with van der Waals surface area (Å²) < 4.78 is 49.9. The van der Waals surface area contributed by atoms with Crippen LogP contribution in [0.25, 0.3) is 0 Å². The van der Waals surface area contributed by atoms with Gasteiger partial charge in [0.15, 0.2) is 0 Å². The molecule has 1 aromatic rings. The van der Waals surface area contributed by atoms with E-state index in [9.17, 15) is 17.6 Å². The van der Waals surface area contributed by atoms with Gasteiger partial charge in [-0.05, 0) is 18.6 Å². The van der Waals surface area contributed by atoms with Crippen molar-refractivity contribution in [2.24, 2.45) is 5.73 Å². The molecular formula is C9H9F4N. The van der Waals surface area contributed by atoms with Crippen LogP contribution in [-0.4, -0.2) is 0 Å². The third-order valence-corrected chi connectivity index (χ3v) is 1.99. The minimum atomic E-state index is -4.66. The van der Waals surface area contributed by atoms with E-state index >= 15 is 0 Å². The van der Waals surface area contributed by atoms with E-state index in [4.69, 9.17) is 5.73 Å². The number of aryl methyl sites for hydroxylation is 1. The van der Waals surface area contributed by atoms with Gasteiger partial charge in [-0.15, -0.1) is 0 Å². The molecule has 0 saturated carbocycles. The molecule has 0 unspecified atom stereocenters. The first kappa shape index (κ1) is 11.0. The van der Waals surface area contributed by atoms with E-state index in [1.54, 1.807) is 0 Å². The van der Waals surface area contributed by atoms with E-state index in [0.717, 1.165) is 6.07 Å². The molecule has 0 aliphatic heterocycles. The average molecular weight is 207 g/mol. The fourth-order valence-electron chi connectivity index (χ4n) is 1.19. The summed E-state index contributed by atoms with van der Waals surface area (Å²) in [6.07, 6.45) is -4.66. The smallest absolute Gasteiger partial charge is 0.326 e. The van der Waals surface area contributed by atoms with Crippen molar-refractivity contribution in [3.05, 3.63) is 34.6 Å². The molecule has 0 aliphatic rings. The van der Waals surface area contributed by atoms with E-state index in [-0.39, 0.29) is 12.1 Å². The van der Waals surface area contributed by atoms with Gasteiger partial charge in [-0.3, -0.25) is 0 Å². The Bertz CT molecular complexity index is 343. The Morgan fingerprint density at radius 2 is 1.86 bits per heavy atom. The van der Waals surface area contributed by atoms with Gasteiger partial charge in [-0.2, -0.15) is 13.2 Å². The molecule has 0 radical (unpaired) electrons. The highest BCUT2D eigenvalue weighted by atomic mass is 19.4. The summed E-state index contributed by atoms with van der Waals surface area (Å²) in [5, 5.41) is 0. The number of benzene rings is 1. The van der Waals surface area contributed by atoms with Crippen molar-refractivity contribution >= 4 is 0 Å². The van der Waals surface area contributed by atoms with Gasteiger partial charge < -0.3 is 5.73 Å². The summed E-state index contributed by atoms with van der Waals surface area (Å²) in [6.45, 7) is 1.28. The second kappa shape index (κ2) is 3.57. The van der Waals surface area contributed by atoms with Crippen LogP contribution in [0, 0.1) is 12.7 Å². The zero-order valence-corrected chi connectivity index (χ0v) is 7.45. The highest BCUT2D eigenvalue weighted by Crippen LogP contribution is 2.33. The van der Waals surface area contributed by atoms with Gasteiger partial charge in [0.2, 0.25) is 0 Å². The van der Waals surface area contributed by atoms with Gasteiger partial charge in [0.25, 0.3) is 0 Å². The molecule has 0 heterocycles. The summed E-state index contributed by atoms with van der Waals surface area (Å²) in [5.74, 6) is -1.26. The Labute approximate surface area is 78.5 Å². The summed E-state index contributed by atoms with van der Waals surface area (Å²) >= 11 is 0. The normalized spacial score (nSPS) is 11.9. The molecule has 1 nitrogen and oxygen atoms in total. The van der Waals surface area contributed by atoms with Crippen molar-refractivity contribution in [1.82, 2.24) is 0 Å². The first-order valence-corrected chi connectivity index (χ1v) is 3.93. The number of rotatable bonds is 1. The molecule has 5 heteroatoms. The number of halogens is 4. The Balaban J connectivity index is 3.36. The highest BCUT2D eigenvalue weighted by molar-refractivity contribution is 5.34. The molecule has 1 rings (SSSR count). The predicted octanol–water partition coefficient (Wildman–Crippen LogP) is 2.61. The molecule has 2 N–H and O–H groups in total. The summed E-state index contributed by atoms with van der Waals surface area (Å²) in [6, 6.07) is 1.94. The first-order chi connectivity index (χ1) is 6.38. The maximum atomic E-state index is 13.2. The van der Waals surface area contributed by atoms with Gasteiger partial charge in [0.05, 0.1) is 5.56 Å². The third-order valence-electron chi connectivity index (χ3n) is 1.99. The van der Waals surface area contributed by atoms with Crippen LogP contribution in [0.2, 0.25) is 0 Å². The van der Waals surface area contributed by atoms with Crippen molar-refractivity contribution in [1.29, 1.82) is 0 Å². The lowest BCUT2D eigenvalue weighted by Crippen LogP contribution is -2.12. The minimum Gasteiger partial charge on any atom is -0.326 e. The van der Waals surface area contributed by atoms with Crippen molar-refractivity contribution in [3.63, 3.8) is 0 Å². The molecule has 0 saturated heterocycles. The van der Waals surface area contributed by atoms with Crippen molar-refractivity contribution < 1.29 is 17.6 Å². The van der Waals surface area contributed by atoms with Gasteiger partial charge >= 0.3 is 6.18 Å². The van der Waals surface area contributed by atoms with Gasteiger partial charge in [0.1, 0.15) is 5.82 Å². The number of hydrogen-bond donors (Lipinski definition) is 1. The third kappa shape index (κ3) is 1.87. The van der Waals surface area contributed by atoms with Gasteiger partial charge in [-0.25, -0.2) is 4.39 Å². The van der Waals surface area contributed by atoms with Gasteiger partial charge in [-0.1, -0.05) is 6.07 Å². The lowest BCUT2D eigenvalue weighted by molar-refractivity contribution is -0.140. The molecule has 0 aromatic heterocycles. The van der Waals surface area contributed by atoms with E-state index in [1.807, 2.05) is 0 Å². The fraction of sp³-hybridized carbons (Fsp3) is 0.333. The summed E-state index contributed by atoms with van der Waals surface area (Å²) in [5.41, 5.74) is 4.24. The van der Waals surface area contributed by atoms with Crippen LogP contribution in [0.3, 0.4) is 0 Å². The first-order valence-electron chi connectivity index (χ1n) is 3.93.